The van der Waals surface area contributed by atoms with Gasteiger partial charge in [-0.2, -0.15) is 0 Å². The standard InChI is InChI=1S/C10H13N3O3S2/c11-3-1-9-13-8(5-17-9)10(14)12-7-2-4-18(15,16)6-7/h2,4-5,7H,1,3,6,11H2,(H,12,14). The minimum absolute atomic E-state index is 0.0848. The maximum atomic E-state index is 11.8. The Morgan fingerprint density at radius 1 is 1.61 bits per heavy atom. The van der Waals surface area contributed by atoms with Crippen LogP contribution in [-0.2, 0) is 16.3 Å². The van der Waals surface area contributed by atoms with Gasteiger partial charge in [0.1, 0.15) is 5.69 Å². The largest absolute Gasteiger partial charge is 0.343 e. The van der Waals surface area contributed by atoms with Gasteiger partial charge in [0.05, 0.1) is 16.8 Å². The first-order valence-corrected chi connectivity index (χ1v) is 7.96. The van der Waals surface area contributed by atoms with E-state index >= 15 is 0 Å². The predicted molar refractivity (Wildman–Crippen MR) is 69.1 cm³/mol. The van der Waals surface area contributed by atoms with Gasteiger partial charge in [-0.05, 0) is 12.6 Å². The second-order valence-corrected chi connectivity index (χ2v) is 6.78. The monoisotopic (exact) mass is 287 g/mol. The fraction of sp³-hybridized carbons (Fsp3) is 0.400. The maximum absolute atomic E-state index is 11.8. The SMILES string of the molecule is NCCc1nc(C(=O)NC2C=CS(=O)(=O)C2)cs1. The smallest absolute Gasteiger partial charge is 0.271 e. The van der Waals surface area contributed by atoms with Gasteiger partial charge in [-0.1, -0.05) is 0 Å². The van der Waals surface area contributed by atoms with Crippen LogP contribution < -0.4 is 11.1 Å². The van der Waals surface area contributed by atoms with E-state index in [0.717, 1.165) is 10.4 Å². The minimum Gasteiger partial charge on any atom is -0.343 e. The van der Waals surface area contributed by atoms with Crippen LogP contribution in [0.5, 0.6) is 0 Å². The lowest BCUT2D eigenvalue weighted by molar-refractivity contribution is 0.0943. The summed E-state index contributed by atoms with van der Waals surface area (Å²) < 4.78 is 22.4. The normalized spacial score (nSPS) is 21.1. The molecule has 18 heavy (non-hydrogen) atoms. The van der Waals surface area contributed by atoms with Gasteiger partial charge in [-0.15, -0.1) is 11.3 Å². The zero-order valence-corrected chi connectivity index (χ0v) is 11.1. The van der Waals surface area contributed by atoms with E-state index in [1.807, 2.05) is 0 Å². The molecule has 0 aromatic carbocycles. The minimum atomic E-state index is -3.16. The summed E-state index contributed by atoms with van der Waals surface area (Å²) in [5.74, 6) is -0.445. The van der Waals surface area contributed by atoms with Crippen molar-refractivity contribution in [2.75, 3.05) is 12.3 Å². The van der Waals surface area contributed by atoms with E-state index in [0.29, 0.717) is 18.7 Å². The van der Waals surface area contributed by atoms with Crippen molar-refractivity contribution < 1.29 is 13.2 Å². The van der Waals surface area contributed by atoms with Gasteiger partial charge in [-0.25, -0.2) is 13.4 Å². The predicted octanol–water partition coefficient (Wildman–Crippen LogP) is -0.315. The van der Waals surface area contributed by atoms with Gasteiger partial charge < -0.3 is 11.1 Å². The van der Waals surface area contributed by atoms with E-state index in [2.05, 4.69) is 10.3 Å². The Hall–Kier alpha value is -1.25. The molecule has 0 saturated heterocycles. The van der Waals surface area contributed by atoms with Crippen LogP contribution in [0.2, 0.25) is 0 Å². The second kappa shape index (κ2) is 5.17. The van der Waals surface area contributed by atoms with Crippen molar-refractivity contribution in [2.24, 2.45) is 5.73 Å². The third-order valence-electron chi connectivity index (χ3n) is 2.39. The fourth-order valence-electron chi connectivity index (χ4n) is 1.56. The molecule has 0 saturated carbocycles. The maximum Gasteiger partial charge on any atom is 0.271 e. The molecule has 1 unspecified atom stereocenters. The number of hydrogen-bond acceptors (Lipinski definition) is 6. The van der Waals surface area contributed by atoms with Crippen LogP contribution in [0, 0.1) is 0 Å². The Labute approximate surface area is 109 Å². The number of nitrogens with one attached hydrogen (secondary N) is 1. The molecular weight excluding hydrogens is 274 g/mol. The van der Waals surface area contributed by atoms with Crippen LogP contribution in [-0.4, -0.2) is 37.6 Å². The Morgan fingerprint density at radius 3 is 3.00 bits per heavy atom. The number of rotatable bonds is 4. The van der Waals surface area contributed by atoms with Crippen LogP contribution in [0.1, 0.15) is 15.5 Å². The zero-order chi connectivity index (χ0) is 13.2. The first-order chi connectivity index (χ1) is 8.50. The average Bonchev–Trinajstić information content (AvgIpc) is 2.86. The molecule has 0 aliphatic carbocycles. The molecule has 0 fully saturated rings. The number of carbonyl (C=O) groups excluding carboxylic acids is 1. The second-order valence-electron chi connectivity index (χ2n) is 3.90. The summed E-state index contributed by atoms with van der Waals surface area (Å²) in [7, 11) is -3.16. The van der Waals surface area contributed by atoms with Crippen LogP contribution in [0.15, 0.2) is 16.9 Å². The number of nitrogens with zero attached hydrogens (tertiary/aromatic N) is 1. The van der Waals surface area contributed by atoms with Gasteiger partial charge in [0.15, 0.2) is 9.84 Å². The van der Waals surface area contributed by atoms with Crippen LogP contribution in [0.4, 0.5) is 0 Å². The number of aromatic nitrogens is 1. The summed E-state index contributed by atoms with van der Waals surface area (Å²) in [4.78, 5) is 15.9. The highest BCUT2D eigenvalue weighted by Crippen LogP contribution is 2.12. The van der Waals surface area contributed by atoms with Crippen LogP contribution in [0.25, 0.3) is 0 Å². The van der Waals surface area contributed by atoms with Gasteiger partial charge in [-0.3, -0.25) is 4.79 Å². The topological polar surface area (TPSA) is 102 Å². The lowest BCUT2D eigenvalue weighted by atomic mass is 10.3. The van der Waals surface area contributed by atoms with Crippen molar-refractivity contribution in [3.63, 3.8) is 0 Å². The van der Waals surface area contributed by atoms with Crippen molar-refractivity contribution in [1.82, 2.24) is 10.3 Å². The molecule has 2 rings (SSSR count). The summed E-state index contributed by atoms with van der Waals surface area (Å²) >= 11 is 1.37. The summed E-state index contributed by atoms with van der Waals surface area (Å²) in [5.41, 5.74) is 5.70. The summed E-state index contributed by atoms with van der Waals surface area (Å²) in [6.45, 7) is 0.484. The van der Waals surface area contributed by atoms with E-state index in [-0.39, 0.29) is 11.7 Å². The van der Waals surface area contributed by atoms with Crippen molar-refractivity contribution in [1.29, 1.82) is 0 Å². The van der Waals surface area contributed by atoms with Gasteiger partial charge in [0.25, 0.3) is 5.91 Å². The molecule has 0 bridgehead atoms. The Balaban J connectivity index is 1.98. The van der Waals surface area contributed by atoms with Crippen LogP contribution >= 0.6 is 11.3 Å². The zero-order valence-electron chi connectivity index (χ0n) is 9.50. The highest BCUT2D eigenvalue weighted by atomic mass is 32.2. The van der Waals surface area contributed by atoms with E-state index < -0.39 is 15.9 Å². The molecule has 1 amide bonds. The number of nitrogens with two attached hydrogens (primary N) is 1. The molecule has 3 N–H and O–H groups in total. The van der Waals surface area contributed by atoms with E-state index in [1.165, 1.54) is 17.4 Å². The number of sulfone groups is 1. The lowest BCUT2D eigenvalue weighted by Gasteiger charge is -2.07. The molecule has 1 aromatic rings. The first kappa shape index (κ1) is 13.2. The molecule has 6 nitrogen and oxygen atoms in total. The highest BCUT2D eigenvalue weighted by molar-refractivity contribution is 7.94. The Morgan fingerprint density at radius 2 is 2.39 bits per heavy atom. The number of amides is 1. The van der Waals surface area contributed by atoms with Gasteiger partial charge >= 0.3 is 0 Å². The Kier molecular flexibility index (Phi) is 3.79. The van der Waals surface area contributed by atoms with Gasteiger partial charge in [0, 0.05) is 17.2 Å². The molecule has 1 aliphatic heterocycles. The number of hydrogen-bond donors (Lipinski definition) is 2. The van der Waals surface area contributed by atoms with E-state index in [4.69, 9.17) is 5.73 Å². The van der Waals surface area contributed by atoms with Crippen molar-refractivity contribution >= 4 is 27.1 Å². The number of thiazole rings is 1. The fourth-order valence-corrected chi connectivity index (χ4v) is 3.59. The van der Waals surface area contributed by atoms with Crippen molar-refractivity contribution in [2.45, 2.75) is 12.5 Å². The third-order valence-corrected chi connectivity index (χ3v) is 4.69. The summed E-state index contributed by atoms with van der Waals surface area (Å²) in [6.07, 6.45) is 2.11. The molecule has 2 heterocycles. The van der Waals surface area contributed by atoms with E-state index in [9.17, 15) is 13.2 Å². The Bertz CT molecular complexity index is 577. The summed E-state index contributed by atoms with van der Waals surface area (Å²) in [6, 6.07) is -0.470. The lowest BCUT2D eigenvalue weighted by Crippen LogP contribution is -2.35. The molecule has 1 aromatic heterocycles. The molecular formula is C10H13N3O3S2. The molecule has 8 heteroatoms. The summed E-state index contributed by atoms with van der Waals surface area (Å²) in [5, 5.41) is 6.19. The quantitative estimate of drug-likeness (QED) is 0.790. The van der Waals surface area contributed by atoms with Crippen molar-refractivity contribution in [3.8, 4) is 0 Å². The van der Waals surface area contributed by atoms with E-state index in [1.54, 1.807) is 5.38 Å². The average molecular weight is 287 g/mol. The first-order valence-electron chi connectivity index (χ1n) is 5.36. The molecule has 0 radical (unpaired) electrons. The third kappa shape index (κ3) is 3.15. The van der Waals surface area contributed by atoms with Crippen molar-refractivity contribution in [3.05, 3.63) is 27.6 Å². The van der Waals surface area contributed by atoms with Crippen LogP contribution in [0.3, 0.4) is 0 Å². The highest BCUT2D eigenvalue weighted by Gasteiger charge is 2.24. The number of carbonyl (C=O) groups is 1. The molecule has 0 spiro atoms. The molecule has 1 atom stereocenters. The van der Waals surface area contributed by atoms with Gasteiger partial charge in [0.2, 0.25) is 0 Å². The molecule has 1 aliphatic rings. The molecule has 98 valence electrons.